The minimum atomic E-state index is -2.21. The van der Waals surface area contributed by atoms with Crippen molar-refractivity contribution >= 4 is 6.29 Å². The number of benzene rings is 1. The average molecular weight is 320 g/mol. The van der Waals surface area contributed by atoms with Crippen molar-refractivity contribution < 1.29 is 26.7 Å². The minimum absolute atomic E-state index is 0.356. The van der Waals surface area contributed by atoms with Gasteiger partial charge in [0.1, 0.15) is 6.29 Å². The van der Waals surface area contributed by atoms with Crippen LogP contribution < -0.4 is 0 Å². The second-order valence-electron chi connectivity index (χ2n) is 6.61. The van der Waals surface area contributed by atoms with Crippen LogP contribution in [0.25, 0.3) is 0 Å². The Bertz CT molecular complexity index is 596. The van der Waals surface area contributed by atoms with E-state index in [0.29, 0.717) is 19.1 Å². The number of carbonyl (C=O) groups excluding carboxylic acids is 1. The van der Waals surface area contributed by atoms with Crippen molar-refractivity contribution in [3.05, 3.63) is 34.6 Å². The van der Waals surface area contributed by atoms with E-state index in [9.17, 15) is 26.7 Å². The van der Waals surface area contributed by atoms with Crippen LogP contribution >= 0.6 is 0 Å². The predicted molar refractivity (Wildman–Crippen MR) is 70.8 cm³/mol. The van der Waals surface area contributed by atoms with E-state index in [4.69, 9.17) is 0 Å². The zero-order valence-electron chi connectivity index (χ0n) is 12.6. The van der Waals surface area contributed by atoms with Gasteiger partial charge in [-0.2, -0.15) is 0 Å². The molecule has 122 valence electrons. The Kier molecular flexibility index (Phi) is 4.09. The van der Waals surface area contributed by atoms with Crippen LogP contribution in [-0.2, 0) is 10.2 Å². The number of rotatable bonds is 2. The van der Waals surface area contributed by atoms with Gasteiger partial charge in [-0.05, 0) is 24.2 Å². The van der Waals surface area contributed by atoms with Gasteiger partial charge < -0.3 is 4.79 Å². The summed E-state index contributed by atoms with van der Waals surface area (Å²) >= 11 is 0. The summed E-state index contributed by atoms with van der Waals surface area (Å²) in [5, 5.41) is 0. The third-order valence-corrected chi connectivity index (χ3v) is 5.15. The van der Waals surface area contributed by atoms with E-state index in [-0.39, 0.29) is 0 Å². The quantitative estimate of drug-likeness (QED) is 0.335. The number of aldehydes is 1. The Balaban J connectivity index is 2.90. The lowest BCUT2D eigenvalue weighted by atomic mass is 9.51. The molecule has 2 atom stereocenters. The topological polar surface area (TPSA) is 17.1 Å². The van der Waals surface area contributed by atoms with Crippen molar-refractivity contribution in [2.24, 2.45) is 11.3 Å². The molecule has 0 spiro atoms. The van der Waals surface area contributed by atoms with Gasteiger partial charge in [0.2, 0.25) is 5.82 Å². The van der Waals surface area contributed by atoms with Crippen LogP contribution in [-0.4, -0.2) is 6.29 Å². The summed E-state index contributed by atoms with van der Waals surface area (Å²) in [5.41, 5.74) is -3.68. The summed E-state index contributed by atoms with van der Waals surface area (Å²) in [5.74, 6) is -10.6. The lowest BCUT2D eigenvalue weighted by Gasteiger charge is -2.51. The Morgan fingerprint density at radius 1 is 0.955 bits per heavy atom. The lowest BCUT2D eigenvalue weighted by molar-refractivity contribution is -0.122. The first-order valence-corrected chi connectivity index (χ1v) is 7.10. The van der Waals surface area contributed by atoms with Crippen molar-refractivity contribution in [3.63, 3.8) is 0 Å². The van der Waals surface area contributed by atoms with Crippen molar-refractivity contribution in [2.45, 2.75) is 45.4 Å². The summed E-state index contributed by atoms with van der Waals surface area (Å²) in [4.78, 5) is 11.8. The van der Waals surface area contributed by atoms with Gasteiger partial charge in [-0.25, -0.2) is 22.0 Å². The van der Waals surface area contributed by atoms with Gasteiger partial charge in [0, 0.05) is 5.56 Å². The van der Waals surface area contributed by atoms with Crippen LogP contribution in [0.5, 0.6) is 0 Å². The molecule has 1 unspecified atom stereocenters. The van der Waals surface area contributed by atoms with Crippen LogP contribution in [0.15, 0.2) is 0 Å². The first-order valence-electron chi connectivity index (χ1n) is 7.10. The van der Waals surface area contributed by atoms with Gasteiger partial charge in [0.25, 0.3) is 0 Å². The molecule has 0 radical (unpaired) electrons. The highest BCUT2D eigenvalue weighted by molar-refractivity contribution is 5.72. The van der Waals surface area contributed by atoms with Gasteiger partial charge in [-0.15, -0.1) is 0 Å². The Labute approximate surface area is 125 Å². The molecule has 1 saturated carbocycles. The van der Waals surface area contributed by atoms with Crippen LogP contribution in [0.3, 0.4) is 0 Å². The molecule has 0 aliphatic heterocycles. The molecule has 0 saturated heterocycles. The van der Waals surface area contributed by atoms with Gasteiger partial charge in [0.05, 0.1) is 5.41 Å². The summed E-state index contributed by atoms with van der Waals surface area (Å²) < 4.78 is 68.9. The van der Waals surface area contributed by atoms with E-state index in [1.54, 1.807) is 20.8 Å². The lowest BCUT2D eigenvalue weighted by Crippen LogP contribution is -2.52. The fraction of sp³-hybridized carbons (Fsp3) is 0.562. The fourth-order valence-electron chi connectivity index (χ4n) is 3.84. The monoisotopic (exact) mass is 320 g/mol. The second kappa shape index (κ2) is 5.32. The molecule has 22 heavy (non-hydrogen) atoms. The van der Waals surface area contributed by atoms with Gasteiger partial charge in [-0.3, -0.25) is 0 Å². The van der Waals surface area contributed by atoms with E-state index < -0.39 is 51.4 Å². The zero-order valence-corrected chi connectivity index (χ0v) is 12.6. The first kappa shape index (κ1) is 16.9. The van der Waals surface area contributed by atoms with E-state index in [1.165, 1.54) is 0 Å². The van der Waals surface area contributed by atoms with E-state index >= 15 is 0 Å². The van der Waals surface area contributed by atoms with Crippen molar-refractivity contribution in [1.82, 2.24) is 0 Å². The van der Waals surface area contributed by atoms with E-state index in [2.05, 4.69) is 0 Å². The standard InChI is InChI=1S/C16H17F5O/c1-8-5-4-6-15(2,3)16(8,7-22)9-10(17)12(19)14(21)13(20)11(9)18/h7-8H,4-6H2,1-3H3/t8?,16-/m0/s1. The molecule has 6 heteroatoms. The zero-order chi connectivity index (χ0) is 16.9. The van der Waals surface area contributed by atoms with Gasteiger partial charge in [-0.1, -0.05) is 27.2 Å². The van der Waals surface area contributed by atoms with Crippen molar-refractivity contribution in [1.29, 1.82) is 0 Å². The minimum Gasteiger partial charge on any atom is -0.302 e. The average Bonchev–Trinajstić information content (AvgIpc) is 2.46. The molecule has 0 amide bonds. The summed E-state index contributed by atoms with van der Waals surface area (Å²) in [6.07, 6.45) is 2.01. The predicted octanol–water partition coefficient (Wildman–Crippen LogP) is 4.67. The normalized spacial score (nSPS) is 27.7. The number of hydrogen-bond acceptors (Lipinski definition) is 1. The molecule has 1 nitrogen and oxygen atoms in total. The van der Waals surface area contributed by atoms with Crippen LogP contribution in [0, 0.1) is 40.4 Å². The highest BCUT2D eigenvalue weighted by atomic mass is 19.2. The molecule has 1 aromatic rings. The molecule has 1 aliphatic rings. The maximum Gasteiger partial charge on any atom is 0.200 e. The highest BCUT2D eigenvalue weighted by Crippen LogP contribution is 2.55. The molecular weight excluding hydrogens is 303 g/mol. The maximum atomic E-state index is 14.3. The van der Waals surface area contributed by atoms with Crippen LogP contribution in [0.4, 0.5) is 22.0 Å². The van der Waals surface area contributed by atoms with Gasteiger partial charge >= 0.3 is 0 Å². The maximum absolute atomic E-state index is 14.3. The summed E-state index contributed by atoms with van der Waals surface area (Å²) in [6, 6.07) is 0. The third kappa shape index (κ3) is 1.99. The van der Waals surface area contributed by atoms with Crippen LogP contribution in [0.2, 0.25) is 0 Å². The highest BCUT2D eigenvalue weighted by Gasteiger charge is 2.55. The van der Waals surface area contributed by atoms with Crippen molar-refractivity contribution in [3.8, 4) is 0 Å². The molecule has 1 fully saturated rings. The third-order valence-electron chi connectivity index (χ3n) is 5.15. The number of hydrogen-bond donors (Lipinski definition) is 0. The molecule has 0 aromatic heterocycles. The molecule has 2 rings (SSSR count). The fourth-order valence-corrected chi connectivity index (χ4v) is 3.84. The van der Waals surface area contributed by atoms with E-state index in [0.717, 1.165) is 6.42 Å². The second-order valence-corrected chi connectivity index (χ2v) is 6.61. The largest absolute Gasteiger partial charge is 0.302 e. The first-order chi connectivity index (χ1) is 10.1. The molecule has 0 heterocycles. The summed E-state index contributed by atoms with van der Waals surface area (Å²) in [7, 11) is 0. The van der Waals surface area contributed by atoms with Crippen LogP contribution in [0.1, 0.15) is 45.6 Å². The smallest absolute Gasteiger partial charge is 0.200 e. The van der Waals surface area contributed by atoms with E-state index in [1.807, 2.05) is 0 Å². The Morgan fingerprint density at radius 3 is 1.82 bits per heavy atom. The number of halogens is 5. The van der Waals surface area contributed by atoms with Crippen molar-refractivity contribution in [2.75, 3.05) is 0 Å². The Hall–Kier alpha value is -1.46. The summed E-state index contributed by atoms with van der Waals surface area (Å²) in [6.45, 7) is 4.84. The molecular formula is C16H17F5O. The molecule has 0 N–H and O–H groups in total. The molecule has 1 aliphatic carbocycles. The van der Waals surface area contributed by atoms with Gasteiger partial charge in [0.15, 0.2) is 23.3 Å². The SMILES string of the molecule is CC1CCCC(C)(C)[C@]1(C=O)c1c(F)c(F)c(F)c(F)c1F. The molecule has 1 aromatic carbocycles. The Morgan fingerprint density at radius 2 is 1.41 bits per heavy atom. The number of carbonyl (C=O) groups is 1. The molecule has 0 bridgehead atoms.